The zero-order valence-corrected chi connectivity index (χ0v) is 12.0. The van der Waals surface area contributed by atoms with E-state index in [1.165, 1.54) is 6.42 Å². The highest BCUT2D eigenvalue weighted by Gasteiger charge is 2.31. The van der Waals surface area contributed by atoms with Crippen LogP contribution in [0.4, 0.5) is 5.69 Å². The van der Waals surface area contributed by atoms with Crippen LogP contribution < -0.4 is 11.1 Å². The standard InChI is InChI=1S/C16H21N3O/c1-16(2)6-5-12(9-16)18-15(20)14-8-10-7-11(17)3-4-13(10)19-14/h3-4,7-8,12,19H,5-6,9,17H2,1-2H3,(H,18,20). The third kappa shape index (κ3) is 2.50. The van der Waals surface area contributed by atoms with Crippen molar-refractivity contribution in [2.75, 3.05) is 5.73 Å². The lowest BCUT2D eigenvalue weighted by Crippen LogP contribution is -2.33. The summed E-state index contributed by atoms with van der Waals surface area (Å²) in [5, 5.41) is 4.10. The number of fused-ring (bicyclic) bond motifs is 1. The number of aromatic amines is 1. The first-order valence-electron chi connectivity index (χ1n) is 7.12. The number of anilines is 1. The van der Waals surface area contributed by atoms with Crippen molar-refractivity contribution in [1.82, 2.24) is 10.3 Å². The number of rotatable bonds is 2. The Morgan fingerprint density at radius 1 is 1.40 bits per heavy atom. The second-order valence-corrected chi connectivity index (χ2v) is 6.61. The third-order valence-electron chi connectivity index (χ3n) is 4.19. The number of H-pyrrole nitrogens is 1. The van der Waals surface area contributed by atoms with Crippen LogP contribution in [0, 0.1) is 5.41 Å². The molecule has 1 heterocycles. The minimum Gasteiger partial charge on any atom is -0.399 e. The fourth-order valence-electron chi connectivity index (χ4n) is 3.10. The predicted octanol–water partition coefficient (Wildman–Crippen LogP) is 3.06. The van der Waals surface area contributed by atoms with E-state index in [0.29, 0.717) is 16.8 Å². The van der Waals surface area contributed by atoms with Crippen LogP contribution in [0.2, 0.25) is 0 Å². The van der Waals surface area contributed by atoms with E-state index < -0.39 is 0 Å². The summed E-state index contributed by atoms with van der Waals surface area (Å²) in [5.41, 5.74) is 8.35. The number of benzene rings is 1. The summed E-state index contributed by atoms with van der Waals surface area (Å²) in [6.07, 6.45) is 3.28. The molecule has 0 saturated heterocycles. The Balaban J connectivity index is 1.76. The van der Waals surface area contributed by atoms with Crippen molar-refractivity contribution in [1.29, 1.82) is 0 Å². The number of amides is 1. The summed E-state index contributed by atoms with van der Waals surface area (Å²) in [4.78, 5) is 15.4. The van der Waals surface area contributed by atoms with E-state index in [2.05, 4.69) is 24.1 Å². The van der Waals surface area contributed by atoms with Gasteiger partial charge in [-0.15, -0.1) is 0 Å². The summed E-state index contributed by atoms with van der Waals surface area (Å²) in [6.45, 7) is 4.51. The molecule has 3 rings (SSSR count). The lowest BCUT2D eigenvalue weighted by atomic mass is 9.92. The van der Waals surface area contributed by atoms with Gasteiger partial charge in [-0.2, -0.15) is 0 Å². The van der Waals surface area contributed by atoms with Gasteiger partial charge in [-0.25, -0.2) is 0 Å². The van der Waals surface area contributed by atoms with Gasteiger partial charge in [0.2, 0.25) is 0 Å². The number of nitrogen functional groups attached to an aromatic ring is 1. The molecular formula is C16H21N3O. The van der Waals surface area contributed by atoms with Crippen LogP contribution in [-0.2, 0) is 0 Å². The number of aromatic nitrogens is 1. The number of nitrogens with two attached hydrogens (primary N) is 1. The molecule has 1 unspecified atom stereocenters. The molecule has 1 aliphatic carbocycles. The van der Waals surface area contributed by atoms with Gasteiger partial charge in [0, 0.05) is 22.6 Å². The van der Waals surface area contributed by atoms with Crippen LogP contribution in [0.25, 0.3) is 10.9 Å². The van der Waals surface area contributed by atoms with Crippen LogP contribution in [0.1, 0.15) is 43.6 Å². The smallest absolute Gasteiger partial charge is 0.267 e. The summed E-state index contributed by atoms with van der Waals surface area (Å²) in [6, 6.07) is 7.76. The first-order valence-corrected chi connectivity index (χ1v) is 7.12. The monoisotopic (exact) mass is 271 g/mol. The molecule has 0 bridgehead atoms. The molecule has 0 aliphatic heterocycles. The molecule has 4 heteroatoms. The van der Waals surface area contributed by atoms with E-state index in [9.17, 15) is 4.79 Å². The van der Waals surface area contributed by atoms with E-state index in [-0.39, 0.29) is 11.9 Å². The minimum atomic E-state index is -0.0255. The molecule has 2 aromatic rings. The highest BCUT2D eigenvalue weighted by Crippen LogP contribution is 2.37. The Labute approximate surface area is 118 Å². The maximum Gasteiger partial charge on any atom is 0.267 e. The van der Waals surface area contributed by atoms with E-state index in [1.807, 2.05) is 24.3 Å². The van der Waals surface area contributed by atoms with Crippen LogP contribution in [0.15, 0.2) is 24.3 Å². The van der Waals surface area contributed by atoms with Crippen molar-refractivity contribution in [2.45, 2.75) is 39.2 Å². The number of carbonyl (C=O) groups is 1. The largest absolute Gasteiger partial charge is 0.399 e. The van der Waals surface area contributed by atoms with Gasteiger partial charge in [-0.3, -0.25) is 4.79 Å². The molecule has 20 heavy (non-hydrogen) atoms. The van der Waals surface area contributed by atoms with Crippen molar-refractivity contribution >= 4 is 22.5 Å². The van der Waals surface area contributed by atoms with Crippen molar-refractivity contribution < 1.29 is 4.79 Å². The van der Waals surface area contributed by atoms with Gasteiger partial charge in [0.15, 0.2) is 0 Å². The van der Waals surface area contributed by atoms with E-state index >= 15 is 0 Å². The van der Waals surface area contributed by atoms with Crippen molar-refractivity contribution in [3.63, 3.8) is 0 Å². The first-order chi connectivity index (χ1) is 9.43. The highest BCUT2D eigenvalue weighted by atomic mass is 16.1. The second-order valence-electron chi connectivity index (χ2n) is 6.61. The quantitative estimate of drug-likeness (QED) is 0.735. The average Bonchev–Trinajstić information content (AvgIpc) is 2.92. The van der Waals surface area contributed by atoms with Gasteiger partial charge in [0.25, 0.3) is 5.91 Å². The second kappa shape index (κ2) is 4.54. The molecule has 1 atom stereocenters. The molecule has 0 spiro atoms. The minimum absolute atomic E-state index is 0.0255. The molecule has 1 saturated carbocycles. The normalized spacial score (nSPS) is 21.2. The molecule has 106 valence electrons. The van der Waals surface area contributed by atoms with E-state index in [1.54, 1.807) is 0 Å². The Morgan fingerprint density at radius 3 is 2.90 bits per heavy atom. The highest BCUT2D eigenvalue weighted by molar-refractivity contribution is 5.98. The molecule has 1 aromatic heterocycles. The number of hydrogen-bond acceptors (Lipinski definition) is 2. The zero-order chi connectivity index (χ0) is 14.3. The molecule has 1 amide bonds. The van der Waals surface area contributed by atoms with Gasteiger partial charge in [0.05, 0.1) is 0 Å². The molecule has 1 aromatic carbocycles. The summed E-state index contributed by atoms with van der Waals surface area (Å²) < 4.78 is 0. The predicted molar refractivity (Wildman–Crippen MR) is 81.6 cm³/mol. The van der Waals surface area contributed by atoms with Gasteiger partial charge in [0.1, 0.15) is 5.69 Å². The van der Waals surface area contributed by atoms with E-state index in [0.717, 1.165) is 23.7 Å². The summed E-state index contributed by atoms with van der Waals surface area (Å²) in [5.74, 6) is -0.0255. The molecule has 1 aliphatic rings. The van der Waals surface area contributed by atoms with Crippen LogP contribution in [0.3, 0.4) is 0 Å². The average molecular weight is 271 g/mol. The Morgan fingerprint density at radius 2 is 2.20 bits per heavy atom. The fraction of sp³-hybridized carbons (Fsp3) is 0.438. The van der Waals surface area contributed by atoms with Crippen molar-refractivity contribution in [3.05, 3.63) is 30.0 Å². The Bertz CT molecular complexity index is 657. The molecule has 0 radical (unpaired) electrons. The zero-order valence-electron chi connectivity index (χ0n) is 12.0. The molecular weight excluding hydrogens is 250 g/mol. The summed E-state index contributed by atoms with van der Waals surface area (Å²) in [7, 11) is 0. The van der Waals surface area contributed by atoms with Crippen molar-refractivity contribution in [3.8, 4) is 0 Å². The third-order valence-corrected chi connectivity index (χ3v) is 4.19. The van der Waals surface area contributed by atoms with Crippen molar-refractivity contribution in [2.24, 2.45) is 5.41 Å². The van der Waals surface area contributed by atoms with Crippen LogP contribution >= 0.6 is 0 Å². The number of carbonyl (C=O) groups excluding carboxylic acids is 1. The number of nitrogens with one attached hydrogen (secondary N) is 2. The topological polar surface area (TPSA) is 70.9 Å². The van der Waals surface area contributed by atoms with Gasteiger partial charge in [-0.05, 0) is 48.9 Å². The molecule has 1 fully saturated rings. The maximum absolute atomic E-state index is 12.3. The van der Waals surface area contributed by atoms with Gasteiger partial charge in [-0.1, -0.05) is 13.8 Å². The number of hydrogen-bond donors (Lipinski definition) is 3. The maximum atomic E-state index is 12.3. The lowest BCUT2D eigenvalue weighted by molar-refractivity contribution is 0.0932. The van der Waals surface area contributed by atoms with E-state index in [4.69, 9.17) is 5.73 Å². The Hall–Kier alpha value is -1.97. The first kappa shape index (κ1) is 13.0. The summed E-state index contributed by atoms with van der Waals surface area (Å²) >= 11 is 0. The SMILES string of the molecule is CC1(C)CCC(NC(=O)c2cc3cc(N)ccc3[nH]2)C1. The van der Waals surface area contributed by atoms with Crippen LogP contribution in [-0.4, -0.2) is 16.9 Å². The molecule has 4 nitrogen and oxygen atoms in total. The Kier molecular flexibility index (Phi) is 2.96. The van der Waals surface area contributed by atoms with Gasteiger partial charge >= 0.3 is 0 Å². The van der Waals surface area contributed by atoms with Gasteiger partial charge < -0.3 is 16.0 Å². The molecule has 4 N–H and O–H groups in total. The fourth-order valence-corrected chi connectivity index (χ4v) is 3.10. The lowest BCUT2D eigenvalue weighted by Gasteiger charge is -2.17. The van der Waals surface area contributed by atoms with Crippen LogP contribution in [0.5, 0.6) is 0 Å².